The number of alkyl halides is 2. The van der Waals surface area contributed by atoms with Gasteiger partial charge in [0, 0.05) is 0 Å². The normalized spacial score (nSPS) is 12.7. The van der Waals surface area contributed by atoms with Gasteiger partial charge in [0.05, 0.1) is 6.10 Å². The molecule has 0 spiro atoms. The molecule has 0 fully saturated rings. The molecule has 1 aromatic rings. The van der Waals surface area contributed by atoms with Crippen LogP contribution in [0.5, 0.6) is 5.75 Å². The molecule has 108 valence electrons. The molecule has 1 N–H and O–H groups in total. The predicted octanol–water partition coefficient (Wildman–Crippen LogP) is 4.68. The summed E-state index contributed by atoms with van der Waals surface area (Å²) in [7, 11) is 0. The number of benzene rings is 1. The van der Waals surface area contributed by atoms with Crippen LogP contribution in [0.3, 0.4) is 0 Å². The van der Waals surface area contributed by atoms with Crippen molar-refractivity contribution in [3.8, 4) is 5.75 Å². The van der Waals surface area contributed by atoms with Crippen molar-refractivity contribution in [1.82, 2.24) is 0 Å². The van der Waals surface area contributed by atoms with E-state index in [0.717, 1.165) is 12.8 Å². The van der Waals surface area contributed by atoms with Crippen LogP contribution in [0.15, 0.2) is 24.3 Å². The van der Waals surface area contributed by atoms with Gasteiger partial charge >= 0.3 is 6.61 Å². The van der Waals surface area contributed by atoms with Gasteiger partial charge in [-0.05, 0) is 24.1 Å². The van der Waals surface area contributed by atoms with Gasteiger partial charge in [0.2, 0.25) is 0 Å². The highest BCUT2D eigenvalue weighted by atomic mass is 19.3. The molecule has 1 aromatic carbocycles. The molecule has 0 aliphatic rings. The van der Waals surface area contributed by atoms with Gasteiger partial charge in [-0.2, -0.15) is 8.78 Å². The van der Waals surface area contributed by atoms with Gasteiger partial charge in [-0.1, -0.05) is 51.2 Å². The first-order chi connectivity index (χ1) is 9.13. The molecule has 2 nitrogen and oxygen atoms in total. The zero-order chi connectivity index (χ0) is 14.1. The molecule has 1 rings (SSSR count). The Balaban J connectivity index is 2.40. The smallest absolute Gasteiger partial charge is 0.387 e. The minimum Gasteiger partial charge on any atom is -0.435 e. The van der Waals surface area contributed by atoms with Crippen LogP contribution in [-0.2, 0) is 0 Å². The second kappa shape index (κ2) is 8.86. The summed E-state index contributed by atoms with van der Waals surface area (Å²) in [5, 5.41) is 9.99. The van der Waals surface area contributed by atoms with E-state index in [0.29, 0.717) is 12.0 Å². The third-order valence-electron chi connectivity index (χ3n) is 3.05. The number of aliphatic hydroxyl groups is 1. The van der Waals surface area contributed by atoms with Crippen LogP contribution >= 0.6 is 0 Å². The first-order valence-electron chi connectivity index (χ1n) is 6.86. The average molecular weight is 272 g/mol. The van der Waals surface area contributed by atoms with Crippen LogP contribution in [0, 0.1) is 0 Å². The van der Waals surface area contributed by atoms with E-state index in [4.69, 9.17) is 0 Å². The zero-order valence-corrected chi connectivity index (χ0v) is 11.3. The Morgan fingerprint density at radius 1 is 1.16 bits per heavy atom. The maximum Gasteiger partial charge on any atom is 0.387 e. The number of hydrogen-bond donors (Lipinski definition) is 1. The molecular weight excluding hydrogens is 250 g/mol. The van der Waals surface area contributed by atoms with Crippen LogP contribution in [0.2, 0.25) is 0 Å². The number of ether oxygens (including phenoxy) is 1. The number of aliphatic hydroxyl groups excluding tert-OH is 1. The number of rotatable bonds is 9. The topological polar surface area (TPSA) is 29.5 Å². The fourth-order valence-electron chi connectivity index (χ4n) is 2.01. The van der Waals surface area contributed by atoms with Crippen molar-refractivity contribution < 1.29 is 18.6 Å². The quantitative estimate of drug-likeness (QED) is 0.661. The molecular formula is C15H22F2O2. The highest BCUT2D eigenvalue weighted by Gasteiger charge is 2.10. The minimum atomic E-state index is -2.83. The lowest BCUT2D eigenvalue weighted by molar-refractivity contribution is -0.0499. The number of halogens is 2. The summed E-state index contributed by atoms with van der Waals surface area (Å²) in [5.74, 6) is 0.0949. The second-order valence-corrected chi connectivity index (χ2v) is 4.67. The number of unbranched alkanes of at least 4 members (excludes halogenated alkanes) is 4. The Labute approximate surface area is 113 Å². The van der Waals surface area contributed by atoms with Gasteiger partial charge in [-0.3, -0.25) is 0 Å². The van der Waals surface area contributed by atoms with Gasteiger partial charge in [0.1, 0.15) is 5.75 Å². The van der Waals surface area contributed by atoms with Crippen molar-refractivity contribution in [2.75, 3.05) is 0 Å². The van der Waals surface area contributed by atoms with E-state index in [1.165, 1.54) is 31.4 Å². The molecule has 0 radical (unpaired) electrons. The van der Waals surface area contributed by atoms with E-state index in [2.05, 4.69) is 11.7 Å². The standard InChI is InChI=1S/C15H22F2O2/c1-2-3-4-5-6-10-14(18)12-8-7-9-13(11-12)19-15(16)17/h7-9,11,14-15,18H,2-6,10H2,1H3. The molecule has 19 heavy (non-hydrogen) atoms. The van der Waals surface area contributed by atoms with Gasteiger partial charge < -0.3 is 9.84 Å². The van der Waals surface area contributed by atoms with Gasteiger partial charge in [-0.25, -0.2) is 0 Å². The average Bonchev–Trinajstić information content (AvgIpc) is 2.38. The van der Waals surface area contributed by atoms with Gasteiger partial charge in [0.25, 0.3) is 0 Å². The van der Waals surface area contributed by atoms with Crippen molar-refractivity contribution in [1.29, 1.82) is 0 Å². The molecule has 0 aliphatic carbocycles. The van der Waals surface area contributed by atoms with E-state index in [-0.39, 0.29) is 5.75 Å². The second-order valence-electron chi connectivity index (χ2n) is 4.67. The maximum absolute atomic E-state index is 12.1. The Bertz CT molecular complexity index is 356. The lowest BCUT2D eigenvalue weighted by Crippen LogP contribution is -2.03. The SMILES string of the molecule is CCCCCCCC(O)c1cccc(OC(F)F)c1. The molecule has 0 aliphatic heterocycles. The summed E-state index contributed by atoms with van der Waals surface area (Å²) in [5.41, 5.74) is 0.633. The van der Waals surface area contributed by atoms with Crippen LogP contribution < -0.4 is 4.74 Å². The third kappa shape index (κ3) is 6.53. The molecule has 1 atom stereocenters. The predicted molar refractivity (Wildman–Crippen MR) is 71.4 cm³/mol. The highest BCUT2D eigenvalue weighted by Crippen LogP contribution is 2.24. The molecule has 0 saturated carbocycles. The third-order valence-corrected chi connectivity index (χ3v) is 3.05. The van der Waals surface area contributed by atoms with Crippen LogP contribution in [0.4, 0.5) is 8.78 Å². The maximum atomic E-state index is 12.1. The first-order valence-corrected chi connectivity index (χ1v) is 6.86. The van der Waals surface area contributed by atoms with Gasteiger partial charge in [-0.15, -0.1) is 0 Å². The van der Waals surface area contributed by atoms with Crippen molar-refractivity contribution in [2.45, 2.75) is 58.2 Å². The van der Waals surface area contributed by atoms with Crippen LogP contribution in [0.1, 0.15) is 57.1 Å². The van der Waals surface area contributed by atoms with Crippen molar-refractivity contribution >= 4 is 0 Å². The largest absolute Gasteiger partial charge is 0.435 e. The summed E-state index contributed by atoms with van der Waals surface area (Å²) in [6, 6.07) is 6.29. The fourth-order valence-corrected chi connectivity index (χ4v) is 2.01. The zero-order valence-electron chi connectivity index (χ0n) is 11.3. The summed E-state index contributed by atoms with van der Waals surface area (Å²) < 4.78 is 28.5. The van der Waals surface area contributed by atoms with E-state index in [1.54, 1.807) is 12.1 Å². The Morgan fingerprint density at radius 2 is 1.89 bits per heavy atom. The van der Waals surface area contributed by atoms with Crippen molar-refractivity contribution in [3.63, 3.8) is 0 Å². The lowest BCUT2D eigenvalue weighted by atomic mass is 10.0. The van der Waals surface area contributed by atoms with Gasteiger partial charge in [0.15, 0.2) is 0 Å². The molecule has 0 saturated heterocycles. The Kier molecular flexibility index (Phi) is 7.41. The molecule has 4 heteroatoms. The van der Waals surface area contributed by atoms with E-state index in [1.807, 2.05) is 0 Å². The van der Waals surface area contributed by atoms with Crippen molar-refractivity contribution in [2.24, 2.45) is 0 Å². The summed E-state index contributed by atoms with van der Waals surface area (Å²) >= 11 is 0. The van der Waals surface area contributed by atoms with E-state index >= 15 is 0 Å². The Hall–Kier alpha value is -1.16. The lowest BCUT2D eigenvalue weighted by Gasteiger charge is -2.12. The molecule has 0 amide bonds. The molecule has 0 bridgehead atoms. The summed E-state index contributed by atoms with van der Waals surface area (Å²) in [4.78, 5) is 0. The first kappa shape index (κ1) is 15.9. The number of hydrogen-bond acceptors (Lipinski definition) is 2. The molecule has 0 aromatic heterocycles. The fraction of sp³-hybridized carbons (Fsp3) is 0.600. The molecule has 1 unspecified atom stereocenters. The summed E-state index contributed by atoms with van der Waals surface area (Å²) in [6.45, 7) is -0.676. The monoisotopic (exact) mass is 272 g/mol. The van der Waals surface area contributed by atoms with Crippen molar-refractivity contribution in [3.05, 3.63) is 29.8 Å². The highest BCUT2D eigenvalue weighted by molar-refractivity contribution is 5.29. The van der Waals surface area contributed by atoms with Crippen LogP contribution in [-0.4, -0.2) is 11.7 Å². The minimum absolute atomic E-state index is 0.0949. The summed E-state index contributed by atoms with van der Waals surface area (Å²) in [6.07, 6.45) is 5.67. The van der Waals surface area contributed by atoms with Crippen LogP contribution in [0.25, 0.3) is 0 Å². The molecule has 0 heterocycles. The Morgan fingerprint density at radius 3 is 2.58 bits per heavy atom. The van der Waals surface area contributed by atoms with E-state index < -0.39 is 12.7 Å². The van der Waals surface area contributed by atoms with E-state index in [9.17, 15) is 13.9 Å².